The summed E-state index contributed by atoms with van der Waals surface area (Å²) in [6.45, 7) is 5.69. The predicted octanol–water partition coefficient (Wildman–Crippen LogP) is 2.18. The molecule has 0 saturated carbocycles. The second-order valence-electron chi connectivity index (χ2n) is 5.65. The maximum absolute atomic E-state index is 11.1. The maximum Gasteiger partial charge on any atom is 0.304 e. The molecule has 0 bridgehead atoms. The Balaban J connectivity index is 2.08. The first-order valence-corrected chi connectivity index (χ1v) is 7.20. The van der Waals surface area contributed by atoms with Gasteiger partial charge in [0.25, 0.3) is 0 Å². The summed E-state index contributed by atoms with van der Waals surface area (Å²) < 4.78 is 5.73. The summed E-state index contributed by atoms with van der Waals surface area (Å²) in [5, 5.41) is 9.17. The number of benzene rings is 1. The van der Waals surface area contributed by atoms with Crippen molar-refractivity contribution in [2.75, 3.05) is 13.1 Å². The Morgan fingerprint density at radius 1 is 1.30 bits per heavy atom. The zero-order valence-corrected chi connectivity index (χ0v) is 12.2. The van der Waals surface area contributed by atoms with Crippen molar-refractivity contribution in [3.63, 3.8) is 0 Å². The average molecular weight is 277 g/mol. The smallest absolute Gasteiger partial charge is 0.304 e. The fraction of sp³-hybridized carbons (Fsp3) is 0.562. The van der Waals surface area contributed by atoms with E-state index in [4.69, 9.17) is 9.84 Å². The monoisotopic (exact) mass is 277 g/mol. The van der Waals surface area contributed by atoms with Crippen LogP contribution in [-0.2, 0) is 16.0 Å². The fourth-order valence-corrected chi connectivity index (χ4v) is 2.93. The van der Waals surface area contributed by atoms with Crippen LogP contribution in [0, 0.1) is 0 Å². The lowest BCUT2D eigenvalue weighted by molar-refractivity contribution is -0.140. The Morgan fingerprint density at radius 2 is 1.90 bits per heavy atom. The first-order valence-electron chi connectivity index (χ1n) is 7.20. The van der Waals surface area contributed by atoms with Crippen LogP contribution in [0.4, 0.5) is 0 Å². The van der Waals surface area contributed by atoms with E-state index in [-0.39, 0.29) is 24.7 Å². The van der Waals surface area contributed by atoms with Crippen LogP contribution in [0.1, 0.15) is 25.8 Å². The van der Waals surface area contributed by atoms with Crippen LogP contribution in [0.25, 0.3) is 0 Å². The molecule has 1 saturated heterocycles. The minimum absolute atomic E-state index is 0.0312. The van der Waals surface area contributed by atoms with Crippen molar-refractivity contribution in [2.45, 2.75) is 44.9 Å². The van der Waals surface area contributed by atoms with Gasteiger partial charge in [0.2, 0.25) is 0 Å². The summed E-state index contributed by atoms with van der Waals surface area (Å²) in [4.78, 5) is 13.4. The highest BCUT2D eigenvalue weighted by atomic mass is 16.5. The topological polar surface area (TPSA) is 49.8 Å². The molecule has 1 aromatic rings. The quantitative estimate of drug-likeness (QED) is 0.896. The molecule has 110 valence electrons. The van der Waals surface area contributed by atoms with Crippen molar-refractivity contribution >= 4 is 5.97 Å². The number of carboxylic acids is 1. The molecule has 1 aliphatic heterocycles. The Morgan fingerprint density at radius 3 is 2.45 bits per heavy atom. The van der Waals surface area contributed by atoms with Crippen LogP contribution >= 0.6 is 0 Å². The van der Waals surface area contributed by atoms with Gasteiger partial charge in [-0.05, 0) is 25.8 Å². The fourth-order valence-electron chi connectivity index (χ4n) is 2.93. The Bertz CT molecular complexity index is 425. The summed E-state index contributed by atoms with van der Waals surface area (Å²) in [5.41, 5.74) is 1.19. The Hall–Kier alpha value is -1.39. The normalized spacial score (nSPS) is 25.3. The number of nitrogens with zero attached hydrogens (tertiary/aromatic N) is 1. The number of morpholine rings is 1. The van der Waals surface area contributed by atoms with Crippen LogP contribution in [0.2, 0.25) is 0 Å². The molecule has 1 fully saturated rings. The van der Waals surface area contributed by atoms with E-state index >= 15 is 0 Å². The highest BCUT2D eigenvalue weighted by Crippen LogP contribution is 2.19. The summed E-state index contributed by atoms with van der Waals surface area (Å²) in [6.07, 6.45) is 1.26. The van der Waals surface area contributed by atoms with Gasteiger partial charge in [-0.2, -0.15) is 0 Å². The molecule has 0 amide bonds. The molecule has 3 atom stereocenters. The lowest BCUT2D eigenvalue weighted by Crippen LogP contribution is -2.51. The lowest BCUT2D eigenvalue weighted by atomic mass is 10.00. The van der Waals surface area contributed by atoms with E-state index in [0.29, 0.717) is 0 Å². The van der Waals surface area contributed by atoms with Crippen molar-refractivity contribution in [1.29, 1.82) is 0 Å². The van der Waals surface area contributed by atoms with Gasteiger partial charge in [0.15, 0.2) is 0 Å². The molecule has 1 aliphatic rings. The number of rotatable bonds is 5. The van der Waals surface area contributed by atoms with Gasteiger partial charge in [0, 0.05) is 19.1 Å². The third kappa shape index (κ3) is 4.32. The zero-order valence-electron chi connectivity index (χ0n) is 12.2. The largest absolute Gasteiger partial charge is 0.481 e. The molecule has 4 heteroatoms. The van der Waals surface area contributed by atoms with E-state index < -0.39 is 5.97 Å². The molecule has 0 spiro atoms. The standard InChI is InChI=1S/C16H23NO3/c1-12-10-17(11-13(2)20-12)15(9-16(18)19)8-14-6-4-3-5-7-14/h3-7,12-13,15H,8-11H2,1-2H3,(H,18,19). The van der Waals surface area contributed by atoms with Crippen molar-refractivity contribution in [3.8, 4) is 0 Å². The van der Waals surface area contributed by atoms with E-state index in [1.165, 1.54) is 5.56 Å². The van der Waals surface area contributed by atoms with Crippen LogP contribution in [0.15, 0.2) is 30.3 Å². The summed E-state index contributed by atoms with van der Waals surface area (Å²) in [6, 6.07) is 10.1. The average Bonchev–Trinajstić information content (AvgIpc) is 2.37. The van der Waals surface area contributed by atoms with Gasteiger partial charge < -0.3 is 9.84 Å². The van der Waals surface area contributed by atoms with Gasteiger partial charge >= 0.3 is 5.97 Å². The third-order valence-electron chi connectivity index (χ3n) is 3.69. The van der Waals surface area contributed by atoms with Gasteiger partial charge in [-0.15, -0.1) is 0 Å². The molecule has 1 aromatic carbocycles. The number of hydrogen-bond acceptors (Lipinski definition) is 3. The van der Waals surface area contributed by atoms with Gasteiger partial charge in [-0.3, -0.25) is 9.69 Å². The number of hydrogen-bond donors (Lipinski definition) is 1. The second kappa shape index (κ2) is 6.86. The SMILES string of the molecule is CC1CN(C(CC(=O)O)Cc2ccccc2)CC(C)O1. The molecule has 3 unspecified atom stereocenters. The first kappa shape index (κ1) is 15.0. The first-order chi connectivity index (χ1) is 9.54. The van der Waals surface area contributed by atoms with Crippen molar-refractivity contribution in [1.82, 2.24) is 4.90 Å². The van der Waals surface area contributed by atoms with E-state index in [2.05, 4.69) is 17.0 Å². The van der Waals surface area contributed by atoms with Crippen molar-refractivity contribution in [2.24, 2.45) is 0 Å². The zero-order chi connectivity index (χ0) is 14.5. The summed E-state index contributed by atoms with van der Waals surface area (Å²) in [7, 11) is 0. The highest BCUT2D eigenvalue weighted by molar-refractivity contribution is 5.67. The predicted molar refractivity (Wildman–Crippen MR) is 77.8 cm³/mol. The van der Waals surface area contributed by atoms with Crippen LogP contribution in [0.3, 0.4) is 0 Å². The minimum atomic E-state index is -0.738. The van der Waals surface area contributed by atoms with E-state index in [9.17, 15) is 4.79 Å². The molecule has 1 heterocycles. The van der Waals surface area contributed by atoms with Gasteiger partial charge in [-0.1, -0.05) is 30.3 Å². The highest BCUT2D eigenvalue weighted by Gasteiger charge is 2.29. The Kier molecular flexibility index (Phi) is 5.15. The lowest BCUT2D eigenvalue weighted by Gasteiger charge is -2.40. The minimum Gasteiger partial charge on any atom is -0.481 e. The molecule has 0 aliphatic carbocycles. The molecule has 20 heavy (non-hydrogen) atoms. The van der Waals surface area contributed by atoms with Gasteiger partial charge in [0.1, 0.15) is 0 Å². The molecule has 1 N–H and O–H groups in total. The van der Waals surface area contributed by atoms with Gasteiger partial charge in [0.05, 0.1) is 18.6 Å². The van der Waals surface area contributed by atoms with Crippen LogP contribution in [0.5, 0.6) is 0 Å². The molecule has 0 aromatic heterocycles. The van der Waals surface area contributed by atoms with Crippen LogP contribution < -0.4 is 0 Å². The summed E-state index contributed by atoms with van der Waals surface area (Å²) in [5.74, 6) is -0.738. The van der Waals surface area contributed by atoms with Crippen molar-refractivity contribution in [3.05, 3.63) is 35.9 Å². The molecule has 4 nitrogen and oxygen atoms in total. The van der Waals surface area contributed by atoms with E-state index in [1.807, 2.05) is 32.0 Å². The molecule has 2 rings (SSSR count). The van der Waals surface area contributed by atoms with E-state index in [1.54, 1.807) is 0 Å². The maximum atomic E-state index is 11.1. The Labute approximate surface area is 120 Å². The number of aliphatic carboxylic acids is 1. The van der Waals surface area contributed by atoms with Gasteiger partial charge in [-0.25, -0.2) is 0 Å². The van der Waals surface area contributed by atoms with Crippen molar-refractivity contribution < 1.29 is 14.6 Å². The van der Waals surface area contributed by atoms with Crippen LogP contribution in [-0.4, -0.2) is 47.3 Å². The molecular formula is C16H23NO3. The number of ether oxygens (including phenoxy) is 1. The second-order valence-corrected chi connectivity index (χ2v) is 5.65. The number of carbonyl (C=O) groups is 1. The summed E-state index contributed by atoms with van der Waals surface area (Å²) >= 11 is 0. The molecule has 0 radical (unpaired) electrons. The third-order valence-corrected chi connectivity index (χ3v) is 3.69. The van der Waals surface area contributed by atoms with E-state index in [0.717, 1.165) is 19.5 Å². The molecular weight excluding hydrogens is 254 g/mol. The number of carboxylic acid groups (broad SMARTS) is 1.